The number of nitrogens with zero attached hydrogens (tertiary/aromatic N) is 4. The van der Waals surface area contributed by atoms with Gasteiger partial charge in [-0.15, -0.1) is 10.2 Å². The van der Waals surface area contributed by atoms with Gasteiger partial charge in [-0.2, -0.15) is 0 Å². The van der Waals surface area contributed by atoms with E-state index in [1.807, 2.05) is 48.3 Å². The second-order valence-electron chi connectivity index (χ2n) is 4.82. The van der Waals surface area contributed by atoms with Crippen molar-refractivity contribution in [3.8, 4) is 0 Å². The molecule has 0 spiro atoms. The van der Waals surface area contributed by atoms with Crippen molar-refractivity contribution < 1.29 is 4.79 Å². The van der Waals surface area contributed by atoms with Gasteiger partial charge in [-0.3, -0.25) is 9.47 Å². The van der Waals surface area contributed by atoms with Gasteiger partial charge in [-0.05, 0) is 36.8 Å². The number of halogens is 1. The smallest absolute Gasteiger partial charge is 0.234 e. The van der Waals surface area contributed by atoms with Gasteiger partial charge in [0.1, 0.15) is 6.33 Å². The molecule has 0 bridgehead atoms. The van der Waals surface area contributed by atoms with E-state index in [1.54, 1.807) is 17.1 Å². The summed E-state index contributed by atoms with van der Waals surface area (Å²) in [7, 11) is 0. The molecule has 8 heteroatoms. The SMILES string of the molecule is Cc1ccc(NC(=O)CSc2nncn2-n2cccc2)cc1Cl. The number of carbonyl (C=O) groups is 1. The van der Waals surface area contributed by atoms with Gasteiger partial charge in [-0.25, -0.2) is 4.68 Å². The summed E-state index contributed by atoms with van der Waals surface area (Å²) < 4.78 is 3.60. The van der Waals surface area contributed by atoms with E-state index in [-0.39, 0.29) is 11.7 Å². The summed E-state index contributed by atoms with van der Waals surface area (Å²) in [5.41, 5.74) is 1.65. The molecule has 3 rings (SSSR count). The van der Waals surface area contributed by atoms with Crippen molar-refractivity contribution in [2.75, 3.05) is 11.1 Å². The van der Waals surface area contributed by atoms with Crippen molar-refractivity contribution in [1.82, 2.24) is 19.5 Å². The fraction of sp³-hybridized carbons (Fsp3) is 0.133. The number of nitrogens with one attached hydrogen (secondary N) is 1. The van der Waals surface area contributed by atoms with Crippen LogP contribution in [0.4, 0.5) is 5.69 Å². The van der Waals surface area contributed by atoms with Crippen molar-refractivity contribution >= 4 is 35.0 Å². The molecule has 23 heavy (non-hydrogen) atoms. The molecule has 0 fully saturated rings. The van der Waals surface area contributed by atoms with E-state index in [1.165, 1.54) is 11.8 Å². The minimum Gasteiger partial charge on any atom is -0.325 e. The molecular weight excluding hydrogens is 334 g/mol. The molecule has 118 valence electrons. The van der Waals surface area contributed by atoms with Crippen molar-refractivity contribution in [2.24, 2.45) is 0 Å². The first-order chi connectivity index (χ1) is 11.1. The van der Waals surface area contributed by atoms with Crippen LogP contribution >= 0.6 is 23.4 Å². The van der Waals surface area contributed by atoms with Crippen LogP contribution in [0.1, 0.15) is 5.56 Å². The Morgan fingerprint density at radius 2 is 2.13 bits per heavy atom. The lowest BCUT2D eigenvalue weighted by Gasteiger charge is -2.08. The molecule has 1 aromatic carbocycles. The summed E-state index contributed by atoms with van der Waals surface area (Å²) in [4.78, 5) is 12.1. The van der Waals surface area contributed by atoms with E-state index >= 15 is 0 Å². The minimum absolute atomic E-state index is 0.128. The largest absolute Gasteiger partial charge is 0.325 e. The van der Waals surface area contributed by atoms with Crippen LogP contribution in [0.15, 0.2) is 54.2 Å². The minimum atomic E-state index is -0.128. The highest BCUT2D eigenvalue weighted by Gasteiger charge is 2.10. The monoisotopic (exact) mass is 347 g/mol. The normalized spacial score (nSPS) is 10.7. The second-order valence-corrected chi connectivity index (χ2v) is 6.17. The van der Waals surface area contributed by atoms with Gasteiger partial charge in [0.25, 0.3) is 0 Å². The van der Waals surface area contributed by atoms with Crippen molar-refractivity contribution in [3.63, 3.8) is 0 Å². The van der Waals surface area contributed by atoms with Crippen LogP contribution in [0.25, 0.3) is 0 Å². The number of thioether (sulfide) groups is 1. The number of amides is 1. The second kappa shape index (κ2) is 6.89. The zero-order chi connectivity index (χ0) is 16.2. The van der Waals surface area contributed by atoms with Gasteiger partial charge in [0.15, 0.2) is 0 Å². The highest BCUT2D eigenvalue weighted by atomic mass is 35.5. The number of benzene rings is 1. The molecular formula is C15H14ClN5OS. The fourth-order valence-corrected chi connectivity index (χ4v) is 2.83. The molecule has 0 radical (unpaired) electrons. The first-order valence-electron chi connectivity index (χ1n) is 6.86. The molecule has 3 aromatic rings. The van der Waals surface area contributed by atoms with Gasteiger partial charge in [0.2, 0.25) is 11.1 Å². The van der Waals surface area contributed by atoms with Crippen LogP contribution in [0.5, 0.6) is 0 Å². The number of aryl methyl sites for hydroxylation is 1. The fourth-order valence-electron chi connectivity index (χ4n) is 1.94. The lowest BCUT2D eigenvalue weighted by atomic mass is 10.2. The number of rotatable bonds is 5. The van der Waals surface area contributed by atoms with E-state index in [9.17, 15) is 4.79 Å². The van der Waals surface area contributed by atoms with Crippen LogP contribution in [0.2, 0.25) is 5.02 Å². The number of aromatic nitrogens is 4. The molecule has 2 aromatic heterocycles. The predicted molar refractivity (Wildman–Crippen MR) is 90.8 cm³/mol. The maximum Gasteiger partial charge on any atom is 0.234 e. The summed E-state index contributed by atoms with van der Waals surface area (Å²) in [5, 5.41) is 12.0. The van der Waals surface area contributed by atoms with Crippen molar-refractivity contribution in [3.05, 3.63) is 59.6 Å². The third-order valence-corrected chi connectivity index (χ3v) is 4.47. The highest BCUT2D eigenvalue weighted by Crippen LogP contribution is 2.21. The summed E-state index contributed by atoms with van der Waals surface area (Å²) >= 11 is 7.36. The maximum atomic E-state index is 12.1. The molecule has 0 saturated carbocycles. The Morgan fingerprint density at radius 3 is 2.87 bits per heavy atom. The van der Waals surface area contributed by atoms with Gasteiger partial charge < -0.3 is 5.32 Å². The first kappa shape index (κ1) is 15.6. The van der Waals surface area contributed by atoms with Crippen LogP contribution in [-0.2, 0) is 4.79 Å². The summed E-state index contributed by atoms with van der Waals surface area (Å²) in [6.45, 7) is 1.91. The van der Waals surface area contributed by atoms with Gasteiger partial charge in [0, 0.05) is 23.1 Å². The van der Waals surface area contributed by atoms with Crippen LogP contribution in [0.3, 0.4) is 0 Å². The zero-order valence-corrected chi connectivity index (χ0v) is 13.9. The average molecular weight is 348 g/mol. The topological polar surface area (TPSA) is 64.7 Å². The number of carbonyl (C=O) groups excluding carboxylic acids is 1. The Labute approximate surface area is 142 Å². The maximum absolute atomic E-state index is 12.1. The quantitative estimate of drug-likeness (QED) is 0.720. The molecule has 6 nitrogen and oxygen atoms in total. The third kappa shape index (κ3) is 3.75. The first-order valence-corrected chi connectivity index (χ1v) is 8.22. The standard InChI is InChI=1S/C15H14ClN5OS/c1-11-4-5-12(8-13(11)16)18-14(22)9-23-15-19-17-10-21(15)20-6-2-3-7-20/h2-8,10H,9H2,1H3,(H,18,22). The zero-order valence-electron chi connectivity index (χ0n) is 12.3. The summed E-state index contributed by atoms with van der Waals surface area (Å²) in [6, 6.07) is 9.24. The highest BCUT2D eigenvalue weighted by molar-refractivity contribution is 7.99. The van der Waals surface area contributed by atoms with Gasteiger partial charge in [-0.1, -0.05) is 29.4 Å². The average Bonchev–Trinajstić information content (AvgIpc) is 3.19. The molecule has 1 N–H and O–H groups in total. The van der Waals surface area contributed by atoms with E-state index in [0.29, 0.717) is 15.9 Å². The van der Waals surface area contributed by atoms with Gasteiger partial charge in [0.05, 0.1) is 5.75 Å². The molecule has 0 saturated heterocycles. The van der Waals surface area contributed by atoms with E-state index in [4.69, 9.17) is 11.6 Å². The van der Waals surface area contributed by atoms with E-state index in [0.717, 1.165) is 5.56 Å². The van der Waals surface area contributed by atoms with Crippen LogP contribution in [-0.4, -0.2) is 31.2 Å². The molecule has 1 amide bonds. The Balaban J connectivity index is 1.61. The third-order valence-electron chi connectivity index (χ3n) is 3.13. The van der Waals surface area contributed by atoms with Crippen molar-refractivity contribution in [2.45, 2.75) is 12.1 Å². The van der Waals surface area contributed by atoms with Gasteiger partial charge >= 0.3 is 0 Å². The lowest BCUT2D eigenvalue weighted by molar-refractivity contribution is -0.113. The van der Waals surface area contributed by atoms with Crippen LogP contribution in [0, 0.1) is 6.92 Å². The molecule has 0 unspecified atom stereocenters. The van der Waals surface area contributed by atoms with Crippen molar-refractivity contribution in [1.29, 1.82) is 0 Å². The van der Waals surface area contributed by atoms with Crippen LogP contribution < -0.4 is 5.32 Å². The molecule has 2 heterocycles. The number of anilines is 1. The van der Waals surface area contributed by atoms with E-state index in [2.05, 4.69) is 15.5 Å². The molecule has 0 aliphatic heterocycles. The molecule has 0 atom stereocenters. The summed E-state index contributed by atoms with van der Waals surface area (Å²) in [5.74, 6) is 0.0998. The predicted octanol–water partition coefficient (Wildman–Crippen LogP) is 3.08. The Kier molecular flexibility index (Phi) is 4.68. The lowest BCUT2D eigenvalue weighted by Crippen LogP contribution is -2.15. The van der Waals surface area contributed by atoms with E-state index < -0.39 is 0 Å². The summed E-state index contributed by atoms with van der Waals surface area (Å²) in [6.07, 6.45) is 5.35. The Bertz CT molecular complexity index is 815. The number of hydrogen-bond donors (Lipinski definition) is 1. The Hall–Kier alpha value is -2.25. The molecule has 0 aliphatic carbocycles. The number of hydrogen-bond acceptors (Lipinski definition) is 4. The molecule has 0 aliphatic rings. The Morgan fingerprint density at radius 1 is 1.35 bits per heavy atom.